The summed E-state index contributed by atoms with van der Waals surface area (Å²) in [5.41, 5.74) is -0.876. The maximum absolute atomic E-state index is 13.3. The molecule has 0 spiro atoms. The van der Waals surface area contributed by atoms with E-state index in [1.165, 1.54) is 38.3 Å². The van der Waals surface area contributed by atoms with Crippen molar-refractivity contribution in [1.29, 1.82) is 0 Å². The molecule has 10 unspecified atom stereocenters. The summed E-state index contributed by atoms with van der Waals surface area (Å²) in [6.45, 7) is 0.655. The predicted octanol–water partition coefficient (Wildman–Crippen LogP) is -1.60. The van der Waals surface area contributed by atoms with E-state index < -0.39 is 84.9 Å². The molecule has 0 radical (unpaired) electrons. The lowest BCUT2D eigenvalue weighted by Crippen LogP contribution is -2.64. The molecule has 224 valence electrons. The molecule has 2 aliphatic heterocycles. The first-order valence-corrected chi connectivity index (χ1v) is 12.6. The second kappa shape index (κ2) is 11.2. The van der Waals surface area contributed by atoms with Crippen LogP contribution in [0.3, 0.4) is 0 Å². The highest BCUT2D eigenvalue weighted by Crippen LogP contribution is 2.39. The van der Waals surface area contributed by atoms with Crippen molar-refractivity contribution in [3.8, 4) is 23.0 Å². The molecule has 2 aliphatic rings. The molecule has 2 aromatic carbocycles. The molecule has 41 heavy (non-hydrogen) atoms. The maximum Gasteiger partial charge on any atom is 0.229 e. The van der Waals surface area contributed by atoms with Gasteiger partial charge in [0, 0.05) is 12.1 Å². The van der Waals surface area contributed by atoms with Crippen molar-refractivity contribution in [2.75, 3.05) is 13.7 Å². The summed E-state index contributed by atoms with van der Waals surface area (Å²) in [5.74, 6) is -1.33. The van der Waals surface area contributed by atoms with Crippen molar-refractivity contribution < 1.29 is 69.0 Å². The third-order valence-corrected chi connectivity index (χ3v) is 7.23. The smallest absolute Gasteiger partial charge is 0.229 e. The Kier molecular flexibility index (Phi) is 7.99. The summed E-state index contributed by atoms with van der Waals surface area (Å²) < 4.78 is 33.2. The fourth-order valence-corrected chi connectivity index (χ4v) is 4.90. The number of benzene rings is 2. The van der Waals surface area contributed by atoms with Gasteiger partial charge >= 0.3 is 0 Å². The lowest BCUT2D eigenvalue weighted by atomic mass is 9.97. The molecule has 0 aliphatic carbocycles. The van der Waals surface area contributed by atoms with Crippen molar-refractivity contribution in [3.05, 3.63) is 34.5 Å². The highest BCUT2D eigenvalue weighted by Gasteiger charge is 2.51. The van der Waals surface area contributed by atoms with E-state index in [9.17, 15) is 45.6 Å². The van der Waals surface area contributed by atoms with Crippen LogP contribution in [0, 0.1) is 0 Å². The molecule has 8 N–H and O–H groups in total. The third-order valence-electron chi connectivity index (χ3n) is 7.23. The molecule has 15 nitrogen and oxygen atoms in total. The van der Waals surface area contributed by atoms with Crippen LogP contribution in [-0.4, -0.2) is 116 Å². The highest BCUT2D eigenvalue weighted by molar-refractivity contribution is 5.97. The van der Waals surface area contributed by atoms with E-state index in [1.807, 2.05) is 0 Å². The van der Waals surface area contributed by atoms with Crippen LogP contribution < -0.4 is 14.9 Å². The largest absolute Gasteiger partial charge is 0.507 e. The number of phenolic OH excluding ortho intramolecular Hbond substituents is 2. The number of hydrogen-bond donors (Lipinski definition) is 8. The Balaban J connectivity index is 1.52. The van der Waals surface area contributed by atoms with Gasteiger partial charge in [0.15, 0.2) is 23.9 Å². The first-order chi connectivity index (χ1) is 19.5. The molecule has 1 aromatic heterocycles. The van der Waals surface area contributed by atoms with Gasteiger partial charge in [-0.2, -0.15) is 0 Å². The van der Waals surface area contributed by atoms with Crippen molar-refractivity contribution in [2.24, 2.45) is 0 Å². The van der Waals surface area contributed by atoms with Gasteiger partial charge in [-0.05, 0) is 19.1 Å². The Morgan fingerprint density at radius 2 is 1.59 bits per heavy atom. The molecule has 3 aromatic rings. The molecule has 0 amide bonds. The minimum atomic E-state index is -1.80. The van der Waals surface area contributed by atoms with Crippen molar-refractivity contribution in [3.63, 3.8) is 0 Å². The van der Waals surface area contributed by atoms with Crippen LogP contribution in [0.5, 0.6) is 23.0 Å². The first kappa shape index (κ1) is 29.2. The Hall–Kier alpha value is -3.25. The number of aliphatic hydroxyl groups is 6. The molecule has 2 saturated heterocycles. The average molecular weight is 583 g/mol. The van der Waals surface area contributed by atoms with Crippen molar-refractivity contribution >= 4 is 21.9 Å². The fourth-order valence-electron chi connectivity index (χ4n) is 4.90. The molecular formula is C26H30O15. The van der Waals surface area contributed by atoms with Crippen LogP contribution in [0.2, 0.25) is 0 Å². The first-order valence-electron chi connectivity index (χ1n) is 12.6. The molecule has 5 rings (SSSR count). The fraction of sp³-hybridized carbons (Fsp3) is 0.500. The number of methoxy groups -OCH3 is 1. The highest BCUT2D eigenvalue weighted by atomic mass is 16.8. The van der Waals surface area contributed by atoms with Crippen molar-refractivity contribution in [2.45, 2.75) is 68.3 Å². The molecular weight excluding hydrogens is 552 g/mol. The molecule has 0 bridgehead atoms. The number of ether oxygens (including phenoxy) is 5. The number of fused-ring (bicyclic) bond motifs is 2. The summed E-state index contributed by atoms with van der Waals surface area (Å²) in [5, 5.41) is 82.2. The number of rotatable bonds is 6. The molecule has 15 heteroatoms. The quantitative estimate of drug-likeness (QED) is 0.153. The topological polar surface area (TPSA) is 238 Å². The molecule has 0 saturated carbocycles. The van der Waals surface area contributed by atoms with Crippen LogP contribution in [0.25, 0.3) is 21.9 Å². The van der Waals surface area contributed by atoms with E-state index >= 15 is 0 Å². The summed E-state index contributed by atoms with van der Waals surface area (Å²) in [4.78, 5) is 13.3. The van der Waals surface area contributed by atoms with Gasteiger partial charge in [0.05, 0.1) is 19.8 Å². The van der Waals surface area contributed by atoms with Crippen LogP contribution >= 0.6 is 0 Å². The summed E-state index contributed by atoms with van der Waals surface area (Å²) in [6.07, 6.45) is -15.7. The number of hydrogen-bond acceptors (Lipinski definition) is 15. The Labute approximate surface area is 230 Å². The lowest BCUT2D eigenvalue weighted by Gasteiger charge is -2.45. The second-order valence-electron chi connectivity index (χ2n) is 9.84. The zero-order chi connectivity index (χ0) is 29.7. The van der Waals surface area contributed by atoms with Gasteiger partial charge in [-0.3, -0.25) is 4.79 Å². The number of aliphatic hydroxyl groups excluding tert-OH is 6. The van der Waals surface area contributed by atoms with E-state index in [1.54, 1.807) is 0 Å². The van der Waals surface area contributed by atoms with Crippen LogP contribution in [0.1, 0.15) is 6.92 Å². The zero-order valence-electron chi connectivity index (χ0n) is 21.7. The summed E-state index contributed by atoms with van der Waals surface area (Å²) in [7, 11) is 1.37. The van der Waals surface area contributed by atoms with Gasteiger partial charge in [0.2, 0.25) is 11.7 Å². The summed E-state index contributed by atoms with van der Waals surface area (Å²) >= 11 is 0. The standard InChI is InChI=1S/C26H30O15/c1-8-17(29)21(33)23(35)25(37-8)41-24-22(34)19(31)14(7-27)40-26(24)39-12-4-3-11-16(18(12)30)20(32)15-10(28)5-9(36-2)6-13(15)38-11/h3-6,8,14,17,19,21-31,33-35H,7H2,1-2H3. The van der Waals surface area contributed by atoms with Gasteiger partial charge in [-0.15, -0.1) is 0 Å². The zero-order valence-corrected chi connectivity index (χ0v) is 21.7. The molecule has 2 fully saturated rings. The Morgan fingerprint density at radius 1 is 0.854 bits per heavy atom. The minimum absolute atomic E-state index is 0.00744. The van der Waals surface area contributed by atoms with Gasteiger partial charge in [0.1, 0.15) is 70.1 Å². The van der Waals surface area contributed by atoms with Crippen LogP contribution in [-0.2, 0) is 14.2 Å². The lowest BCUT2D eigenvalue weighted by molar-refractivity contribution is -0.354. The van der Waals surface area contributed by atoms with E-state index in [-0.39, 0.29) is 33.4 Å². The molecule has 3 heterocycles. The average Bonchev–Trinajstić information content (AvgIpc) is 2.94. The number of aromatic hydroxyl groups is 2. The van der Waals surface area contributed by atoms with E-state index in [0.29, 0.717) is 0 Å². The van der Waals surface area contributed by atoms with E-state index in [4.69, 9.17) is 28.1 Å². The van der Waals surface area contributed by atoms with Crippen LogP contribution in [0.4, 0.5) is 0 Å². The predicted molar refractivity (Wildman–Crippen MR) is 135 cm³/mol. The Morgan fingerprint density at radius 3 is 2.27 bits per heavy atom. The van der Waals surface area contributed by atoms with Gasteiger partial charge in [0.25, 0.3) is 0 Å². The van der Waals surface area contributed by atoms with Gasteiger partial charge in [-0.25, -0.2) is 0 Å². The minimum Gasteiger partial charge on any atom is -0.507 e. The molecule has 10 atom stereocenters. The number of phenols is 2. The monoisotopic (exact) mass is 582 g/mol. The van der Waals surface area contributed by atoms with E-state index in [0.717, 1.165) is 0 Å². The van der Waals surface area contributed by atoms with Gasteiger partial charge < -0.3 is 69.0 Å². The normalized spacial score (nSPS) is 34.1. The third kappa shape index (κ3) is 5.05. The Bertz CT molecular complexity index is 1470. The van der Waals surface area contributed by atoms with Crippen molar-refractivity contribution in [1.82, 2.24) is 0 Å². The second-order valence-corrected chi connectivity index (χ2v) is 9.84. The van der Waals surface area contributed by atoms with Gasteiger partial charge in [-0.1, -0.05) is 0 Å². The van der Waals surface area contributed by atoms with Crippen LogP contribution in [0.15, 0.2) is 33.5 Å². The summed E-state index contributed by atoms with van der Waals surface area (Å²) in [6, 6.07) is 5.09. The maximum atomic E-state index is 13.3. The SMILES string of the molecule is COc1cc(O)c2c(=O)c3c(O)c(OC4OC(CO)C(O)C(O)C4OC4OC(C)C(O)C(O)C4O)ccc3oc2c1. The van der Waals surface area contributed by atoms with E-state index in [2.05, 4.69) is 0 Å².